The molecule has 1 heterocycles. The predicted octanol–water partition coefficient (Wildman–Crippen LogP) is 6.01. The summed E-state index contributed by atoms with van der Waals surface area (Å²) < 4.78 is 0. The minimum absolute atomic E-state index is 0.0585. The molecule has 0 aliphatic carbocycles. The number of hydrogen-bond acceptors (Lipinski definition) is 4. The molecule has 0 spiro atoms. The minimum atomic E-state index is -0.0585. The number of rotatable bonds is 6. The van der Waals surface area contributed by atoms with Gasteiger partial charge in [-0.3, -0.25) is 4.79 Å². The van der Waals surface area contributed by atoms with Crippen molar-refractivity contribution in [3.8, 4) is 17.3 Å². The van der Waals surface area contributed by atoms with Gasteiger partial charge in [0.1, 0.15) is 11.1 Å². The Hall–Kier alpha value is -2.81. The maximum Gasteiger partial charge on any atom is 0.225 e. The summed E-state index contributed by atoms with van der Waals surface area (Å²) in [6.07, 6.45) is 0.329. The van der Waals surface area contributed by atoms with Gasteiger partial charge in [-0.15, -0.1) is 11.8 Å². The molecule has 29 heavy (non-hydrogen) atoms. The van der Waals surface area contributed by atoms with Crippen molar-refractivity contribution < 1.29 is 4.79 Å². The molecule has 1 N–H and O–H groups in total. The first-order valence-electron chi connectivity index (χ1n) is 9.13. The summed E-state index contributed by atoms with van der Waals surface area (Å²) in [6, 6.07) is 19.1. The van der Waals surface area contributed by atoms with Gasteiger partial charge >= 0.3 is 0 Å². The van der Waals surface area contributed by atoms with E-state index >= 15 is 0 Å². The van der Waals surface area contributed by atoms with Gasteiger partial charge in [-0.05, 0) is 49.7 Å². The largest absolute Gasteiger partial charge is 0.326 e. The van der Waals surface area contributed by atoms with Crippen LogP contribution in [0.15, 0.2) is 59.6 Å². The Balaban J connectivity index is 1.65. The highest BCUT2D eigenvalue weighted by molar-refractivity contribution is 7.99. The average Bonchev–Trinajstić information content (AvgIpc) is 2.70. The number of hydrogen-bond donors (Lipinski definition) is 1. The molecule has 1 aromatic heterocycles. The van der Waals surface area contributed by atoms with E-state index in [1.165, 1.54) is 11.8 Å². The van der Waals surface area contributed by atoms with Crippen LogP contribution in [-0.2, 0) is 4.79 Å². The maximum absolute atomic E-state index is 12.3. The molecule has 0 aliphatic heterocycles. The van der Waals surface area contributed by atoms with E-state index in [1.807, 2.05) is 50.2 Å². The first kappa shape index (κ1) is 20.9. The zero-order valence-electron chi connectivity index (χ0n) is 16.2. The van der Waals surface area contributed by atoms with Crippen molar-refractivity contribution in [1.82, 2.24) is 4.98 Å². The lowest BCUT2D eigenvalue weighted by molar-refractivity contribution is -0.115. The van der Waals surface area contributed by atoms with E-state index < -0.39 is 0 Å². The molecule has 0 aliphatic rings. The van der Waals surface area contributed by atoms with Crippen molar-refractivity contribution in [2.75, 3.05) is 11.1 Å². The summed E-state index contributed by atoms with van der Waals surface area (Å²) in [4.78, 5) is 16.9. The summed E-state index contributed by atoms with van der Waals surface area (Å²) in [5, 5.41) is 13.6. The summed E-state index contributed by atoms with van der Waals surface area (Å²) in [5.41, 5.74) is 5.21. The number of nitrogens with zero attached hydrogens (tertiary/aromatic N) is 2. The standard InChI is InChI=1S/C23H20ClN3OS/c1-15-3-9-20(16(2)13-15)26-22(28)11-12-29-23-18(14-25)6-10-21(27-23)17-4-7-19(24)8-5-17/h3-10,13H,11-12H2,1-2H3,(H,26,28). The number of nitrogens with one attached hydrogen (secondary N) is 1. The number of anilines is 1. The summed E-state index contributed by atoms with van der Waals surface area (Å²) in [7, 11) is 0. The zero-order valence-corrected chi connectivity index (χ0v) is 17.8. The van der Waals surface area contributed by atoms with E-state index in [9.17, 15) is 10.1 Å². The third kappa shape index (κ3) is 5.60. The maximum atomic E-state index is 12.3. The van der Waals surface area contributed by atoms with Crippen LogP contribution in [0.4, 0.5) is 5.69 Å². The Labute approximate surface area is 179 Å². The number of halogens is 1. The minimum Gasteiger partial charge on any atom is -0.326 e. The van der Waals surface area contributed by atoms with Gasteiger partial charge in [-0.1, -0.05) is 41.4 Å². The van der Waals surface area contributed by atoms with Gasteiger partial charge in [0.2, 0.25) is 5.91 Å². The number of carbonyl (C=O) groups is 1. The second-order valence-corrected chi connectivity index (χ2v) is 8.15. The number of pyridine rings is 1. The van der Waals surface area contributed by atoms with Crippen LogP contribution >= 0.6 is 23.4 Å². The van der Waals surface area contributed by atoms with Gasteiger partial charge in [-0.2, -0.15) is 5.26 Å². The van der Waals surface area contributed by atoms with E-state index in [2.05, 4.69) is 16.4 Å². The monoisotopic (exact) mass is 421 g/mol. The van der Waals surface area contributed by atoms with Crippen molar-refractivity contribution in [2.24, 2.45) is 0 Å². The topological polar surface area (TPSA) is 65.8 Å². The molecular weight excluding hydrogens is 402 g/mol. The van der Waals surface area contributed by atoms with Gasteiger partial charge < -0.3 is 5.32 Å². The van der Waals surface area contributed by atoms with E-state index in [4.69, 9.17) is 11.6 Å². The lowest BCUT2D eigenvalue weighted by atomic mass is 10.1. The van der Waals surface area contributed by atoms with Crippen molar-refractivity contribution >= 4 is 35.0 Å². The predicted molar refractivity (Wildman–Crippen MR) is 119 cm³/mol. The molecule has 0 unspecified atom stereocenters. The van der Waals surface area contributed by atoms with Crippen LogP contribution in [0, 0.1) is 25.2 Å². The second-order valence-electron chi connectivity index (χ2n) is 6.63. The summed E-state index contributed by atoms with van der Waals surface area (Å²) >= 11 is 7.35. The fourth-order valence-electron chi connectivity index (χ4n) is 2.82. The second kappa shape index (κ2) is 9.60. The van der Waals surface area contributed by atoms with Crippen LogP contribution in [0.25, 0.3) is 11.3 Å². The first-order chi connectivity index (χ1) is 14.0. The Morgan fingerprint density at radius 1 is 1.14 bits per heavy atom. The third-order valence-electron chi connectivity index (χ3n) is 4.34. The number of amides is 1. The molecule has 4 nitrogen and oxygen atoms in total. The van der Waals surface area contributed by atoms with Gasteiger partial charge in [-0.25, -0.2) is 4.98 Å². The van der Waals surface area contributed by atoms with Gasteiger partial charge in [0, 0.05) is 28.4 Å². The number of carbonyl (C=O) groups excluding carboxylic acids is 1. The lowest BCUT2D eigenvalue weighted by Gasteiger charge is -2.10. The Kier molecular flexibility index (Phi) is 6.92. The molecule has 0 radical (unpaired) electrons. The molecule has 1 amide bonds. The van der Waals surface area contributed by atoms with Gasteiger partial charge in [0.15, 0.2) is 0 Å². The van der Waals surface area contributed by atoms with Crippen LogP contribution in [0.2, 0.25) is 5.02 Å². The molecule has 0 saturated carbocycles. The molecule has 0 bridgehead atoms. The first-order valence-corrected chi connectivity index (χ1v) is 10.5. The number of benzene rings is 2. The summed E-state index contributed by atoms with van der Waals surface area (Å²) in [5.74, 6) is 0.472. The van der Waals surface area contributed by atoms with Crippen LogP contribution in [0.3, 0.4) is 0 Å². The molecule has 0 saturated heterocycles. The lowest BCUT2D eigenvalue weighted by Crippen LogP contribution is -2.13. The third-order valence-corrected chi connectivity index (χ3v) is 5.59. The van der Waals surface area contributed by atoms with Crippen LogP contribution in [-0.4, -0.2) is 16.6 Å². The Morgan fingerprint density at radius 3 is 2.59 bits per heavy atom. The average molecular weight is 422 g/mol. The van der Waals surface area contributed by atoms with E-state index in [0.29, 0.717) is 27.8 Å². The van der Waals surface area contributed by atoms with Crippen LogP contribution in [0.1, 0.15) is 23.1 Å². The van der Waals surface area contributed by atoms with Gasteiger partial charge in [0.05, 0.1) is 11.3 Å². The molecule has 0 atom stereocenters. The fraction of sp³-hybridized carbons (Fsp3) is 0.174. The van der Waals surface area contributed by atoms with Crippen LogP contribution < -0.4 is 5.32 Å². The quantitative estimate of drug-likeness (QED) is 0.495. The molecular formula is C23H20ClN3OS. The SMILES string of the molecule is Cc1ccc(NC(=O)CCSc2nc(-c3ccc(Cl)cc3)ccc2C#N)c(C)c1. The molecule has 0 fully saturated rings. The number of thioether (sulfide) groups is 1. The van der Waals surface area contributed by atoms with Crippen molar-refractivity contribution in [3.63, 3.8) is 0 Å². The molecule has 3 rings (SSSR count). The van der Waals surface area contributed by atoms with Crippen molar-refractivity contribution in [2.45, 2.75) is 25.3 Å². The van der Waals surface area contributed by atoms with Gasteiger partial charge in [0.25, 0.3) is 0 Å². The Bertz CT molecular complexity index is 1070. The fourth-order valence-corrected chi connectivity index (χ4v) is 3.86. The highest BCUT2D eigenvalue weighted by Gasteiger charge is 2.10. The molecule has 3 aromatic rings. The molecule has 2 aromatic carbocycles. The van der Waals surface area contributed by atoms with Crippen molar-refractivity contribution in [1.29, 1.82) is 5.26 Å². The van der Waals surface area contributed by atoms with Crippen molar-refractivity contribution in [3.05, 3.63) is 76.3 Å². The highest BCUT2D eigenvalue weighted by Crippen LogP contribution is 2.27. The number of nitriles is 1. The molecule has 6 heteroatoms. The highest BCUT2D eigenvalue weighted by atomic mass is 35.5. The smallest absolute Gasteiger partial charge is 0.225 e. The van der Waals surface area contributed by atoms with E-state index in [1.54, 1.807) is 18.2 Å². The Morgan fingerprint density at radius 2 is 1.90 bits per heavy atom. The van der Waals surface area contributed by atoms with Crippen LogP contribution in [0.5, 0.6) is 0 Å². The van der Waals surface area contributed by atoms with E-state index in [0.717, 1.165) is 28.1 Å². The number of aryl methyl sites for hydroxylation is 2. The number of aromatic nitrogens is 1. The molecule has 146 valence electrons. The zero-order chi connectivity index (χ0) is 20.8. The van der Waals surface area contributed by atoms with E-state index in [-0.39, 0.29) is 5.91 Å². The summed E-state index contributed by atoms with van der Waals surface area (Å²) in [6.45, 7) is 4.00. The normalized spacial score (nSPS) is 10.4.